The summed E-state index contributed by atoms with van der Waals surface area (Å²) in [6, 6.07) is 3.94. The maximum atomic E-state index is 13.0. The summed E-state index contributed by atoms with van der Waals surface area (Å²) in [6.45, 7) is 2.81. The van der Waals surface area contributed by atoms with Crippen LogP contribution >= 0.6 is 0 Å². The van der Waals surface area contributed by atoms with E-state index in [0.717, 1.165) is 4.90 Å². The van der Waals surface area contributed by atoms with Gasteiger partial charge in [0.05, 0.1) is 37.6 Å². The lowest BCUT2D eigenvalue weighted by Gasteiger charge is -2.27. The summed E-state index contributed by atoms with van der Waals surface area (Å²) in [5.74, 6) is -2.11. The Hall–Kier alpha value is -2.76. The molecule has 2 aliphatic heterocycles. The molecule has 0 aromatic heterocycles. The van der Waals surface area contributed by atoms with E-state index in [9.17, 15) is 19.2 Å². The molecule has 164 valence electrons. The number of fused-ring (bicyclic) bond motifs is 1. The Morgan fingerprint density at radius 2 is 1.87 bits per heavy atom. The SMILES string of the molecule is [B]N(C)CCOCCOCCNc1cccc2c1C(=O)N(C1CCC(=O)NC1=O)C2=O. The number of amides is 4. The standard InChI is InChI=1S/C20H25BN4O6/c1-24(21)8-10-31-12-11-30-9-7-22-14-4-2-3-13-17(14)20(29)25(19(13)28)15-5-6-16(26)23-18(15)27/h2-4,15,22H,5-12H2,1H3,(H,23,26,27). The lowest BCUT2D eigenvalue weighted by Crippen LogP contribution is -2.54. The normalized spacial score (nSPS) is 18.5. The van der Waals surface area contributed by atoms with Gasteiger partial charge in [-0.15, -0.1) is 0 Å². The van der Waals surface area contributed by atoms with Crippen LogP contribution in [0.2, 0.25) is 0 Å². The zero-order valence-corrected chi connectivity index (χ0v) is 17.4. The number of likely N-dealkylation sites (N-methyl/N-ethyl adjacent to an activating group) is 1. The van der Waals surface area contributed by atoms with Gasteiger partial charge in [-0.1, -0.05) is 6.07 Å². The maximum Gasteiger partial charge on any atom is 0.264 e. The molecule has 1 fully saturated rings. The van der Waals surface area contributed by atoms with Crippen LogP contribution in [0, 0.1) is 0 Å². The Labute approximate surface area is 181 Å². The van der Waals surface area contributed by atoms with E-state index in [1.807, 2.05) is 0 Å². The van der Waals surface area contributed by atoms with E-state index < -0.39 is 29.7 Å². The highest BCUT2D eigenvalue weighted by Gasteiger charge is 2.45. The lowest BCUT2D eigenvalue weighted by atomic mass is 10.0. The number of nitrogens with zero attached hydrogens (tertiary/aromatic N) is 2. The van der Waals surface area contributed by atoms with Crippen LogP contribution in [0.4, 0.5) is 5.69 Å². The molecular formula is C20H25BN4O6. The predicted molar refractivity (Wildman–Crippen MR) is 112 cm³/mol. The van der Waals surface area contributed by atoms with Crippen molar-refractivity contribution in [3.63, 3.8) is 0 Å². The minimum absolute atomic E-state index is 0.0822. The first kappa shape index (κ1) is 22.9. The number of rotatable bonds is 11. The van der Waals surface area contributed by atoms with Crippen molar-refractivity contribution in [2.24, 2.45) is 0 Å². The van der Waals surface area contributed by atoms with Gasteiger partial charge in [-0.05, 0) is 25.6 Å². The van der Waals surface area contributed by atoms with Crippen molar-refractivity contribution in [3.8, 4) is 0 Å². The van der Waals surface area contributed by atoms with E-state index in [1.165, 1.54) is 4.81 Å². The minimum Gasteiger partial charge on any atom is -0.382 e. The third-order valence-corrected chi connectivity index (χ3v) is 4.99. The zero-order chi connectivity index (χ0) is 22.4. The number of hydrogen-bond acceptors (Lipinski definition) is 8. The number of carbonyl (C=O) groups is 4. The Balaban J connectivity index is 1.52. The van der Waals surface area contributed by atoms with Crippen LogP contribution in [0.5, 0.6) is 0 Å². The van der Waals surface area contributed by atoms with Crippen molar-refractivity contribution < 1.29 is 28.7 Å². The molecule has 2 heterocycles. The summed E-state index contributed by atoms with van der Waals surface area (Å²) in [6.07, 6.45) is 0.204. The summed E-state index contributed by atoms with van der Waals surface area (Å²) in [5, 5.41) is 5.30. The third kappa shape index (κ3) is 5.49. The zero-order valence-electron chi connectivity index (χ0n) is 17.4. The molecule has 4 amide bonds. The average Bonchev–Trinajstić information content (AvgIpc) is 2.98. The van der Waals surface area contributed by atoms with Crippen LogP contribution in [0.25, 0.3) is 0 Å². The quantitative estimate of drug-likeness (QED) is 0.277. The van der Waals surface area contributed by atoms with Crippen molar-refractivity contribution in [2.75, 3.05) is 51.9 Å². The average molecular weight is 428 g/mol. The van der Waals surface area contributed by atoms with Gasteiger partial charge >= 0.3 is 0 Å². The van der Waals surface area contributed by atoms with Crippen LogP contribution in [-0.2, 0) is 19.1 Å². The number of hydrogen-bond donors (Lipinski definition) is 2. The molecule has 2 radical (unpaired) electrons. The van der Waals surface area contributed by atoms with Crippen LogP contribution in [0.3, 0.4) is 0 Å². The minimum atomic E-state index is -0.986. The molecule has 0 bridgehead atoms. The van der Waals surface area contributed by atoms with Crippen molar-refractivity contribution in [2.45, 2.75) is 18.9 Å². The van der Waals surface area contributed by atoms with Gasteiger partial charge in [-0.3, -0.25) is 29.4 Å². The van der Waals surface area contributed by atoms with E-state index in [0.29, 0.717) is 45.2 Å². The van der Waals surface area contributed by atoms with Gasteiger partial charge in [0.25, 0.3) is 11.8 Å². The van der Waals surface area contributed by atoms with Crippen LogP contribution in [0.1, 0.15) is 33.6 Å². The van der Waals surface area contributed by atoms with Crippen molar-refractivity contribution >= 4 is 37.3 Å². The van der Waals surface area contributed by atoms with Crippen LogP contribution in [0.15, 0.2) is 18.2 Å². The van der Waals surface area contributed by atoms with Gasteiger partial charge in [0, 0.05) is 25.2 Å². The summed E-state index contributed by atoms with van der Waals surface area (Å²) < 4.78 is 10.9. The van der Waals surface area contributed by atoms with Gasteiger partial charge in [0.1, 0.15) is 6.04 Å². The fourth-order valence-electron chi connectivity index (χ4n) is 3.45. The molecule has 1 atom stereocenters. The lowest BCUT2D eigenvalue weighted by molar-refractivity contribution is -0.136. The molecule has 1 unspecified atom stereocenters. The first-order chi connectivity index (χ1) is 14.9. The molecule has 0 saturated carbocycles. The Morgan fingerprint density at radius 1 is 1.13 bits per heavy atom. The number of imide groups is 2. The van der Waals surface area contributed by atoms with E-state index >= 15 is 0 Å². The van der Waals surface area contributed by atoms with Crippen LogP contribution in [-0.4, -0.2) is 93.9 Å². The van der Waals surface area contributed by atoms with Crippen molar-refractivity contribution in [1.29, 1.82) is 0 Å². The predicted octanol–water partition coefficient (Wildman–Crippen LogP) is -0.452. The topological polar surface area (TPSA) is 117 Å². The van der Waals surface area contributed by atoms with E-state index in [2.05, 4.69) is 10.6 Å². The van der Waals surface area contributed by atoms with E-state index in [1.54, 1.807) is 25.2 Å². The molecule has 2 N–H and O–H groups in total. The summed E-state index contributed by atoms with van der Waals surface area (Å²) >= 11 is 0. The summed E-state index contributed by atoms with van der Waals surface area (Å²) in [7, 11) is 7.24. The number of carbonyl (C=O) groups excluding carboxylic acids is 4. The van der Waals surface area contributed by atoms with Crippen LogP contribution < -0.4 is 10.6 Å². The third-order valence-electron chi connectivity index (χ3n) is 4.99. The Morgan fingerprint density at radius 3 is 2.58 bits per heavy atom. The molecule has 11 heteroatoms. The second kappa shape index (κ2) is 10.5. The Bertz CT molecular complexity index is 862. The number of piperidine rings is 1. The monoisotopic (exact) mass is 428 g/mol. The molecule has 1 aromatic carbocycles. The number of anilines is 1. The number of benzene rings is 1. The highest BCUT2D eigenvalue weighted by Crippen LogP contribution is 2.32. The molecule has 0 aliphatic carbocycles. The second-order valence-corrected chi connectivity index (χ2v) is 7.31. The van der Waals surface area contributed by atoms with Gasteiger partial charge in [-0.2, -0.15) is 0 Å². The molecule has 3 rings (SSSR count). The molecule has 0 spiro atoms. The van der Waals surface area contributed by atoms with Crippen molar-refractivity contribution in [3.05, 3.63) is 29.3 Å². The van der Waals surface area contributed by atoms with Crippen molar-refractivity contribution in [1.82, 2.24) is 15.0 Å². The fourth-order valence-corrected chi connectivity index (χ4v) is 3.45. The summed E-state index contributed by atoms with van der Waals surface area (Å²) in [4.78, 5) is 51.8. The highest BCUT2D eigenvalue weighted by molar-refractivity contribution is 6.25. The number of nitrogens with one attached hydrogen (secondary N) is 2. The molecule has 1 saturated heterocycles. The molecule has 31 heavy (non-hydrogen) atoms. The second-order valence-electron chi connectivity index (χ2n) is 7.31. The van der Waals surface area contributed by atoms with Gasteiger partial charge in [0.15, 0.2) is 7.98 Å². The first-order valence-electron chi connectivity index (χ1n) is 10.1. The maximum absolute atomic E-state index is 13.0. The molecule has 10 nitrogen and oxygen atoms in total. The highest BCUT2D eigenvalue weighted by atomic mass is 16.5. The molecular weight excluding hydrogens is 403 g/mol. The Kier molecular flexibility index (Phi) is 7.77. The molecule has 2 aliphatic rings. The summed E-state index contributed by atoms with van der Waals surface area (Å²) in [5.41, 5.74) is 0.960. The van der Waals surface area contributed by atoms with Gasteiger partial charge < -0.3 is 19.6 Å². The van der Waals surface area contributed by atoms with E-state index in [-0.39, 0.29) is 24.0 Å². The fraction of sp³-hybridized carbons (Fsp3) is 0.500. The largest absolute Gasteiger partial charge is 0.382 e. The molecule has 1 aromatic rings. The van der Waals surface area contributed by atoms with E-state index in [4.69, 9.17) is 17.5 Å². The van der Waals surface area contributed by atoms with Gasteiger partial charge in [-0.25, -0.2) is 0 Å². The smallest absolute Gasteiger partial charge is 0.264 e. The first-order valence-corrected chi connectivity index (χ1v) is 10.1. The van der Waals surface area contributed by atoms with Gasteiger partial charge in [0.2, 0.25) is 11.8 Å². The number of ether oxygens (including phenoxy) is 2.